The monoisotopic (exact) mass is 463 g/mol. The fourth-order valence-corrected chi connectivity index (χ4v) is 4.93. The first-order valence-corrected chi connectivity index (χ1v) is 12.2. The number of benzene rings is 2. The van der Waals surface area contributed by atoms with Crippen LogP contribution in [0.5, 0.6) is 11.5 Å². The quantitative estimate of drug-likeness (QED) is 0.226. The van der Waals surface area contributed by atoms with Crippen LogP contribution in [0.15, 0.2) is 54.1 Å². The largest absolute Gasteiger partial charge is 0.507 e. The second kappa shape index (κ2) is 10.8. The Bertz CT molecular complexity index is 1040. The molecule has 34 heavy (non-hydrogen) atoms. The van der Waals surface area contributed by atoms with Gasteiger partial charge in [0.15, 0.2) is 0 Å². The van der Waals surface area contributed by atoms with Gasteiger partial charge in [-0.2, -0.15) is 0 Å². The van der Waals surface area contributed by atoms with Crippen molar-refractivity contribution in [3.63, 3.8) is 0 Å². The molecule has 2 fully saturated rings. The highest BCUT2D eigenvalue weighted by Crippen LogP contribution is 2.43. The Labute approximate surface area is 201 Å². The SMILES string of the molecule is CCCCCOc1ccc(/C(O)=C2/C(=O)C(=O)N(C3CCCC3)C2c2ccc(OC)cc2)cc1. The van der Waals surface area contributed by atoms with Crippen molar-refractivity contribution in [2.75, 3.05) is 13.7 Å². The molecule has 1 amide bonds. The zero-order valence-electron chi connectivity index (χ0n) is 20.0. The molecular formula is C28H33NO5. The van der Waals surface area contributed by atoms with Crippen molar-refractivity contribution in [2.45, 2.75) is 64.0 Å². The molecule has 0 aromatic heterocycles. The van der Waals surface area contributed by atoms with Gasteiger partial charge in [-0.05, 0) is 61.2 Å². The number of ketones is 1. The minimum Gasteiger partial charge on any atom is -0.507 e. The fourth-order valence-electron chi connectivity index (χ4n) is 4.93. The van der Waals surface area contributed by atoms with Gasteiger partial charge >= 0.3 is 0 Å². The van der Waals surface area contributed by atoms with E-state index in [1.54, 1.807) is 36.3 Å². The number of carbonyl (C=O) groups is 2. The molecule has 1 aliphatic heterocycles. The second-order valence-electron chi connectivity index (χ2n) is 9.00. The minimum absolute atomic E-state index is 0.00671. The van der Waals surface area contributed by atoms with Crippen LogP contribution in [0, 0.1) is 0 Å². The molecule has 180 valence electrons. The highest BCUT2D eigenvalue weighted by atomic mass is 16.5. The summed E-state index contributed by atoms with van der Waals surface area (Å²) in [5.41, 5.74) is 1.41. The first kappa shape index (κ1) is 23.9. The molecule has 2 aromatic rings. The number of ether oxygens (including phenoxy) is 2. The zero-order chi connectivity index (χ0) is 24.1. The Morgan fingerprint density at radius 2 is 1.62 bits per heavy atom. The van der Waals surface area contributed by atoms with Crippen LogP contribution < -0.4 is 9.47 Å². The fraction of sp³-hybridized carbons (Fsp3) is 0.429. The van der Waals surface area contributed by atoms with Gasteiger partial charge in [-0.25, -0.2) is 0 Å². The first-order chi connectivity index (χ1) is 16.5. The van der Waals surface area contributed by atoms with E-state index in [-0.39, 0.29) is 17.4 Å². The van der Waals surface area contributed by atoms with Gasteiger partial charge < -0.3 is 19.5 Å². The van der Waals surface area contributed by atoms with Gasteiger partial charge in [0.1, 0.15) is 17.3 Å². The summed E-state index contributed by atoms with van der Waals surface area (Å²) in [4.78, 5) is 28.1. The highest BCUT2D eigenvalue weighted by Gasteiger charge is 2.49. The Morgan fingerprint density at radius 1 is 0.971 bits per heavy atom. The Balaban J connectivity index is 1.69. The maximum atomic E-state index is 13.2. The molecule has 2 aromatic carbocycles. The molecule has 6 nitrogen and oxygen atoms in total. The average Bonchev–Trinajstić information content (AvgIpc) is 3.48. The minimum atomic E-state index is -0.634. The molecule has 1 atom stereocenters. The molecule has 1 aliphatic carbocycles. The summed E-state index contributed by atoms with van der Waals surface area (Å²) < 4.78 is 11.0. The smallest absolute Gasteiger partial charge is 0.295 e. The van der Waals surface area contributed by atoms with Crippen molar-refractivity contribution < 1.29 is 24.2 Å². The van der Waals surface area contributed by atoms with Crippen molar-refractivity contribution in [3.8, 4) is 11.5 Å². The maximum absolute atomic E-state index is 13.2. The van der Waals surface area contributed by atoms with Gasteiger partial charge in [-0.3, -0.25) is 9.59 Å². The third-order valence-corrected chi connectivity index (χ3v) is 6.77. The van der Waals surface area contributed by atoms with E-state index in [0.717, 1.165) is 50.5 Å². The average molecular weight is 464 g/mol. The molecule has 1 unspecified atom stereocenters. The Morgan fingerprint density at radius 3 is 2.24 bits per heavy atom. The summed E-state index contributed by atoms with van der Waals surface area (Å²) in [6.45, 7) is 2.79. The summed E-state index contributed by atoms with van der Waals surface area (Å²) in [6, 6.07) is 13.8. The van der Waals surface area contributed by atoms with Crippen LogP contribution in [0.2, 0.25) is 0 Å². The summed E-state index contributed by atoms with van der Waals surface area (Å²) in [5.74, 6) is 0.0781. The normalized spacial score (nSPS) is 20.2. The number of hydrogen-bond acceptors (Lipinski definition) is 5. The molecule has 0 spiro atoms. The molecule has 1 heterocycles. The van der Waals surface area contributed by atoms with E-state index in [1.165, 1.54) is 0 Å². The topological polar surface area (TPSA) is 76.1 Å². The molecule has 6 heteroatoms. The van der Waals surface area contributed by atoms with Crippen molar-refractivity contribution >= 4 is 17.4 Å². The summed E-state index contributed by atoms with van der Waals surface area (Å²) in [5, 5.41) is 11.3. The molecule has 1 saturated heterocycles. The van der Waals surface area contributed by atoms with Crippen LogP contribution in [0.4, 0.5) is 0 Å². The molecular weight excluding hydrogens is 430 g/mol. The molecule has 1 N–H and O–H groups in total. The van der Waals surface area contributed by atoms with Crippen LogP contribution in [0.1, 0.15) is 69.0 Å². The third-order valence-electron chi connectivity index (χ3n) is 6.77. The van der Waals surface area contributed by atoms with Crippen molar-refractivity contribution in [1.29, 1.82) is 0 Å². The van der Waals surface area contributed by atoms with Crippen LogP contribution in [-0.2, 0) is 9.59 Å². The van der Waals surface area contributed by atoms with Crippen LogP contribution in [-0.4, -0.2) is 41.5 Å². The standard InChI is InChI=1S/C28H33NO5/c1-3-4-7-18-34-23-16-12-20(13-17-23)26(30)24-25(19-10-14-22(33-2)15-11-19)29(28(32)27(24)31)21-8-5-6-9-21/h10-17,21,25,30H,3-9,18H2,1-2H3/b26-24-. The van der Waals surface area contributed by atoms with Crippen molar-refractivity contribution in [1.82, 2.24) is 4.90 Å². The van der Waals surface area contributed by atoms with E-state index >= 15 is 0 Å². The summed E-state index contributed by atoms with van der Waals surface area (Å²) in [6.07, 6.45) is 7.03. The van der Waals surface area contributed by atoms with Crippen molar-refractivity contribution in [3.05, 3.63) is 65.2 Å². The van der Waals surface area contributed by atoms with E-state index in [4.69, 9.17) is 9.47 Å². The number of rotatable bonds is 9. The van der Waals surface area contributed by atoms with E-state index in [0.29, 0.717) is 23.7 Å². The predicted molar refractivity (Wildman–Crippen MR) is 131 cm³/mol. The lowest BCUT2D eigenvalue weighted by Gasteiger charge is -2.30. The lowest BCUT2D eigenvalue weighted by Crippen LogP contribution is -2.37. The number of methoxy groups -OCH3 is 1. The van der Waals surface area contributed by atoms with Gasteiger partial charge in [0.25, 0.3) is 11.7 Å². The van der Waals surface area contributed by atoms with Crippen molar-refractivity contribution in [2.24, 2.45) is 0 Å². The number of aliphatic hydroxyl groups excluding tert-OH is 1. The number of amides is 1. The first-order valence-electron chi connectivity index (χ1n) is 12.2. The molecule has 4 rings (SSSR count). The van der Waals surface area contributed by atoms with E-state index in [2.05, 4.69) is 6.92 Å². The number of nitrogens with zero attached hydrogens (tertiary/aromatic N) is 1. The third kappa shape index (κ3) is 4.81. The second-order valence-corrected chi connectivity index (χ2v) is 9.00. The molecule has 2 aliphatic rings. The van der Waals surface area contributed by atoms with Crippen LogP contribution >= 0.6 is 0 Å². The Kier molecular flexibility index (Phi) is 7.56. The number of likely N-dealkylation sites (tertiary alicyclic amines) is 1. The van der Waals surface area contributed by atoms with Crippen LogP contribution in [0.3, 0.4) is 0 Å². The van der Waals surface area contributed by atoms with Gasteiger partial charge in [0, 0.05) is 11.6 Å². The van der Waals surface area contributed by atoms with Gasteiger partial charge in [0.05, 0.1) is 25.3 Å². The number of hydrogen-bond donors (Lipinski definition) is 1. The van der Waals surface area contributed by atoms with Gasteiger partial charge in [-0.15, -0.1) is 0 Å². The summed E-state index contributed by atoms with van der Waals surface area (Å²) in [7, 11) is 1.59. The van der Waals surface area contributed by atoms with E-state index < -0.39 is 17.7 Å². The zero-order valence-corrected chi connectivity index (χ0v) is 20.0. The predicted octanol–water partition coefficient (Wildman–Crippen LogP) is 5.63. The molecule has 0 bridgehead atoms. The molecule has 0 radical (unpaired) electrons. The van der Waals surface area contributed by atoms with E-state index in [1.807, 2.05) is 24.3 Å². The number of carbonyl (C=O) groups excluding carboxylic acids is 2. The molecule has 1 saturated carbocycles. The van der Waals surface area contributed by atoms with E-state index in [9.17, 15) is 14.7 Å². The number of unbranched alkanes of at least 4 members (excludes halogenated alkanes) is 2. The Hall–Kier alpha value is -3.28. The highest BCUT2D eigenvalue weighted by molar-refractivity contribution is 6.46. The lowest BCUT2D eigenvalue weighted by molar-refractivity contribution is -0.141. The maximum Gasteiger partial charge on any atom is 0.295 e. The number of aliphatic hydroxyl groups is 1. The van der Waals surface area contributed by atoms with Gasteiger partial charge in [-0.1, -0.05) is 44.7 Å². The van der Waals surface area contributed by atoms with Gasteiger partial charge in [0.2, 0.25) is 0 Å². The summed E-state index contributed by atoms with van der Waals surface area (Å²) >= 11 is 0. The number of Topliss-reactive ketones (excluding diaryl/α,β-unsaturated/α-hetero) is 1. The lowest BCUT2D eigenvalue weighted by atomic mass is 9.94. The van der Waals surface area contributed by atoms with Crippen LogP contribution in [0.25, 0.3) is 5.76 Å².